The number of aryl methyl sites for hydroxylation is 1. The molecule has 0 spiro atoms. The van der Waals surface area contributed by atoms with Crippen LogP contribution in [0.25, 0.3) is 5.65 Å². The molecule has 0 aliphatic rings. The van der Waals surface area contributed by atoms with Crippen LogP contribution in [0.1, 0.15) is 24.7 Å². The molecule has 5 nitrogen and oxygen atoms in total. The molecule has 0 saturated carbocycles. The van der Waals surface area contributed by atoms with E-state index < -0.39 is 0 Å². The maximum absolute atomic E-state index is 12.4. The Hall–Kier alpha value is -2.43. The lowest BCUT2D eigenvalue weighted by Gasteiger charge is -2.06. The molecule has 0 N–H and O–H groups in total. The van der Waals surface area contributed by atoms with Crippen molar-refractivity contribution >= 4 is 5.65 Å². The Morgan fingerprint density at radius 1 is 1.10 bits per heavy atom. The molecule has 0 atom stereocenters. The van der Waals surface area contributed by atoms with E-state index >= 15 is 0 Å². The summed E-state index contributed by atoms with van der Waals surface area (Å²) in [6, 6.07) is 9.90. The van der Waals surface area contributed by atoms with E-state index in [2.05, 4.69) is 17.1 Å². The van der Waals surface area contributed by atoms with E-state index in [0.717, 1.165) is 24.2 Å². The molecule has 0 fully saturated rings. The van der Waals surface area contributed by atoms with E-state index in [9.17, 15) is 4.79 Å². The van der Waals surface area contributed by atoms with Crippen molar-refractivity contribution in [3.05, 3.63) is 64.5 Å². The third-order valence-corrected chi connectivity index (χ3v) is 3.28. The summed E-state index contributed by atoms with van der Waals surface area (Å²) in [6.07, 6.45) is 5.46. The fraction of sp³-hybridized carbons (Fsp3) is 0.267. The number of fused-ring (bicyclic) bond motifs is 1. The molecule has 0 unspecified atom stereocenters. The van der Waals surface area contributed by atoms with Crippen LogP contribution in [0.5, 0.6) is 0 Å². The van der Waals surface area contributed by atoms with Gasteiger partial charge in [0.15, 0.2) is 0 Å². The first-order valence-electron chi connectivity index (χ1n) is 6.76. The number of hydrogen-bond acceptors (Lipinski definition) is 3. The number of rotatable bonds is 4. The van der Waals surface area contributed by atoms with Gasteiger partial charge in [-0.25, -0.2) is 0 Å². The van der Waals surface area contributed by atoms with Crippen LogP contribution in [0.4, 0.5) is 0 Å². The van der Waals surface area contributed by atoms with Crippen LogP contribution < -0.4 is 5.56 Å². The lowest BCUT2D eigenvalue weighted by Crippen LogP contribution is -2.22. The van der Waals surface area contributed by atoms with Crippen molar-refractivity contribution in [3.8, 4) is 0 Å². The predicted molar refractivity (Wildman–Crippen MR) is 76.8 cm³/mol. The third-order valence-electron chi connectivity index (χ3n) is 3.28. The summed E-state index contributed by atoms with van der Waals surface area (Å²) < 4.78 is 3.45. The molecule has 0 saturated heterocycles. The summed E-state index contributed by atoms with van der Waals surface area (Å²) in [4.78, 5) is 12.4. The molecule has 5 heteroatoms. The molecule has 0 aliphatic heterocycles. The SMILES string of the molecule is CCCc1nnc2c(=O)n(Cc3ccccc3)ccn12. The fourth-order valence-corrected chi connectivity index (χ4v) is 2.27. The molecule has 20 heavy (non-hydrogen) atoms. The maximum Gasteiger partial charge on any atom is 0.296 e. The van der Waals surface area contributed by atoms with Crippen LogP contribution in [-0.4, -0.2) is 19.2 Å². The van der Waals surface area contributed by atoms with Crippen molar-refractivity contribution < 1.29 is 0 Å². The van der Waals surface area contributed by atoms with Crippen LogP contribution in [0, 0.1) is 0 Å². The zero-order valence-electron chi connectivity index (χ0n) is 11.4. The molecule has 0 radical (unpaired) electrons. The van der Waals surface area contributed by atoms with Gasteiger partial charge in [-0.05, 0) is 12.0 Å². The first-order valence-corrected chi connectivity index (χ1v) is 6.76. The highest BCUT2D eigenvalue weighted by atomic mass is 16.1. The fourth-order valence-electron chi connectivity index (χ4n) is 2.27. The molecule has 0 amide bonds. The van der Waals surface area contributed by atoms with Crippen LogP contribution in [-0.2, 0) is 13.0 Å². The molecule has 1 aromatic carbocycles. The number of hydrogen-bond donors (Lipinski definition) is 0. The smallest absolute Gasteiger partial charge is 0.296 e. The minimum atomic E-state index is -0.105. The van der Waals surface area contributed by atoms with E-state index in [-0.39, 0.29) is 5.56 Å². The van der Waals surface area contributed by atoms with Crippen molar-refractivity contribution in [1.82, 2.24) is 19.2 Å². The first-order chi connectivity index (χ1) is 9.79. The zero-order chi connectivity index (χ0) is 13.9. The Bertz CT molecular complexity index is 773. The molecule has 2 aromatic heterocycles. The lowest BCUT2D eigenvalue weighted by atomic mass is 10.2. The standard InChI is InChI=1S/C15H16N4O/c1-2-6-13-16-17-14-15(20)18(9-10-19(13)14)11-12-7-4-3-5-8-12/h3-5,7-10H,2,6,11H2,1H3. The summed E-state index contributed by atoms with van der Waals surface area (Å²) in [6.45, 7) is 2.63. The van der Waals surface area contributed by atoms with Crippen LogP contribution in [0.3, 0.4) is 0 Å². The highest BCUT2D eigenvalue weighted by Crippen LogP contribution is 2.04. The summed E-state index contributed by atoms with van der Waals surface area (Å²) >= 11 is 0. The van der Waals surface area contributed by atoms with Gasteiger partial charge in [0, 0.05) is 18.8 Å². The Morgan fingerprint density at radius 2 is 1.90 bits per heavy atom. The molecule has 2 heterocycles. The van der Waals surface area contributed by atoms with Crippen molar-refractivity contribution in [2.24, 2.45) is 0 Å². The van der Waals surface area contributed by atoms with E-state index in [0.29, 0.717) is 12.2 Å². The highest BCUT2D eigenvalue weighted by molar-refractivity contribution is 5.35. The van der Waals surface area contributed by atoms with Gasteiger partial charge in [0.25, 0.3) is 5.56 Å². The van der Waals surface area contributed by atoms with Crippen molar-refractivity contribution in [3.63, 3.8) is 0 Å². The maximum atomic E-state index is 12.4. The second-order valence-corrected chi connectivity index (χ2v) is 4.78. The van der Waals surface area contributed by atoms with E-state index in [4.69, 9.17) is 0 Å². The van der Waals surface area contributed by atoms with Crippen molar-refractivity contribution in [1.29, 1.82) is 0 Å². The monoisotopic (exact) mass is 268 g/mol. The van der Waals surface area contributed by atoms with Gasteiger partial charge in [-0.1, -0.05) is 37.3 Å². The molecule has 102 valence electrons. The van der Waals surface area contributed by atoms with E-state index in [1.54, 1.807) is 15.2 Å². The summed E-state index contributed by atoms with van der Waals surface area (Å²) in [7, 11) is 0. The van der Waals surface area contributed by atoms with Crippen LogP contribution in [0.2, 0.25) is 0 Å². The second-order valence-electron chi connectivity index (χ2n) is 4.78. The van der Waals surface area contributed by atoms with Gasteiger partial charge >= 0.3 is 0 Å². The number of aromatic nitrogens is 4. The molecular weight excluding hydrogens is 252 g/mol. The normalized spacial score (nSPS) is 11.1. The Balaban J connectivity index is 2.02. The van der Waals surface area contributed by atoms with Gasteiger partial charge in [0.2, 0.25) is 5.65 Å². The minimum absolute atomic E-state index is 0.105. The average molecular weight is 268 g/mol. The molecule has 0 bridgehead atoms. The average Bonchev–Trinajstić information content (AvgIpc) is 2.88. The molecular formula is C15H16N4O. The van der Waals surface area contributed by atoms with Crippen molar-refractivity contribution in [2.45, 2.75) is 26.3 Å². The predicted octanol–water partition coefficient (Wildman–Crippen LogP) is 1.89. The quantitative estimate of drug-likeness (QED) is 0.726. The molecule has 3 rings (SSSR count). The summed E-state index contributed by atoms with van der Waals surface area (Å²) in [5, 5.41) is 8.11. The topological polar surface area (TPSA) is 52.2 Å². The second kappa shape index (κ2) is 5.28. The highest BCUT2D eigenvalue weighted by Gasteiger charge is 2.09. The summed E-state index contributed by atoms with van der Waals surface area (Å²) in [5.74, 6) is 0.839. The van der Waals surface area contributed by atoms with Gasteiger partial charge in [-0.2, -0.15) is 0 Å². The number of benzene rings is 1. The van der Waals surface area contributed by atoms with Crippen LogP contribution >= 0.6 is 0 Å². The Labute approximate surface area is 116 Å². The Kier molecular flexibility index (Phi) is 3.33. The van der Waals surface area contributed by atoms with Gasteiger partial charge in [-0.3, -0.25) is 9.20 Å². The number of nitrogens with zero attached hydrogens (tertiary/aromatic N) is 4. The Morgan fingerprint density at radius 3 is 2.65 bits per heavy atom. The van der Waals surface area contributed by atoms with Gasteiger partial charge in [0.1, 0.15) is 5.82 Å². The lowest BCUT2D eigenvalue weighted by molar-refractivity contribution is 0.744. The summed E-state index contributed by atoms with van der Waals surface area (Å²) in [5.41, 5.74) is 1.38. The van der Waals surface area contributed by atoms with E-state index in [1.165, 1.54) is 0 Å². The minimum Gasteiger partial charge on any atom is -0.306 e. The largest absolute Gasteiger partial charge is 0.306 e. The molecule has 0 aliphatic carbocycles. The third kappa shape index (κ3) is 2.22. The van der Waals surface area contributed by atoms with Crippen molar-refractivity contribution in [2.75, 3.05) is 0 Å². The molecule has 3 aromatic rings. The van der Waals surface area contributed by atoms with Gasteiger partial charge < -0.3 is 4.57 Å². The van der Waals surface area contributed by atoms with E-state index in [1.807, 2.05) is 36.5 Å². The van der Waals surface area contributed by atoms with Crippen LogP contribution in [0.15, 0.2) is 47.5 Å². The first kappa shape index (κ1) is 12.6. The zero-order valence-corrected chi connectivity index (χ0v) is 11.4. The van der Waals surface area contributed by atoms with Gasteiger partial charge in [0.05, 0.1) is 6.54 Å². The van der Waals surface area contributed by atoms with Gasteiger partial charge in [-0.15, -0.1) is 10.2 Å².